The summed E-state index contributed by atoms with van der Waals surface area (Å²) in [7, 11) is 0. The maximum Gasteiger partial charge on any atom is 0.272 e. The van der Waals surface area contributed by atoms with Gasteiger partial charge in [-0.25, -0.2) is 0 Å². The van der Waals surface area contributed by atoms with Crippen LogP contribution < -0.4 is 26.4 Å². The smallest absolute Gasteiger partial charge is 0.272 e. The molecule has 246 valence electrons. The summed E-state index contributed by atoms with van der Waals surface area (Å²) in [5.41, 5.74) is 8.45. The molecule has 4 amide bonds. The Morgan fingerprint density at radius 3 is 2.04 bits per heavy atom. The molecule has 0 radical (unpaired) electrons. The van der Waals surface area contributed by atoms with Gasteiger partial charge in [-0.15, -0.1) is 11.8 Å². The summed E-state index contributed by atoms with van der Waals surface area (Å²) in [5, 5.41) is 7.78. The Hall–Kier alpha value is -6.13. The second-order valence-corrected chi connectivity index (χ2v) is 11.8. The molecule has 0 saturated heterocycles. The fourth-order valence-corrected chi connectivity index (χ4v) is 5.82. The quantitative estimate of drug-likeness (QED) is 0.0781. The fraction of sp³-hybridized carbons (Fsp3) is 0.0769. The number of rotatable bonds is 13. The lowest BCUT2D eigenvalue weighted by Gasteiger charge is -2.18. The molecule has 5 aromatic carbocycles. The van der Waals surface area contributed by atoms with Crippen molar-refractivity contribution >= 4 is 52.8 Å². The highest BCUT2D eigenvalue weighted by molar-refractivity contribution is 8.00. The number of nitrogens with one attached hydrogen (secondary N) is 3. The van der Waals surface area contributed by atoms with E-state index in [-0.39, 0.29) is 17.2 Å². The van der Waals surface area contributed by atoms with E-state index < -0.39 is 23.0 Å². The highest BCUT2D eigenvalue weighted by Crippen LogP contribution is 2.37. The van der Waals surface area contributed by atoms with Gasteiger partial charge in [0.2, 0.25) is 5.91 Å². The first-order valence-electron chi connectivity index (χ1n) is 15.4. The standard InChI is InChI=1S/C39H34N4O5S/c1-2-48-30-21-17-26(18-22-30)25-34(43-37(45)28-13-7-4-8-14-28)38(46)41-29-19-23-31(24-20-29)49-35(27-11-5-3-6-12-27)39(47)42-33-16-10-9-15-32(33)36(40)44/h3-25,35H,2H2,1H3,(H2,40,44)(H,41,46)(H,42,47)(H,43,45)/b34-25-. The minimum Gasteiger partial charge on any atom is -0.494 e. The molecule has 0 bridgehead atoms. The average molecular weight is 671 g/mol. The number of nitrogens with two attached hydrogens (primary N) is 1. The molecule has 0 aromatic heterocycles. The van der Waals surface area contributed by atoms with Crippen molar-refractivity contribution in [1.82, 2.24) is 5.32 Å². The largest absolute Gasteiger partial charge is 0.494 e. The van der Waals surface area contributed by atoms with Crippen LogP contribution in [-0.4, -0.2) is 30.2 Å². The van der Waals surface area contributed by atoms with Crippen molar-refractivity contribution in [3.05, 3.63) is 161 Å². The summed E-state index contributed by atoms with van der Waals surface area (Å²) in [6, 6.07) is 38.7. The lowest BCUT2D eigenvalue weighted by Crippen LogP contribution is -2.30. The van der Waals surface area contributed by atoms with Gasteiger partial charge in [0.15, 0.2) is 0 Å². The molecule has 10 heteroatoms. The number of carbonyl (C=O) groups is 4. The van der Waals surface area contributed by atoms with Crippen molar-refractivity contribution < 1.29 is 23.9 Å². The zero-order chi connectivity index (χ0) is 34.6. The summed E-state index contributed by atoms with van der Waals surface area (Å²) < 4.78 is 5.52. The first-order chi connectivity index (χ1) is 23.8. The molecular formula is C39H34N4O5S. The zero-order valence-electron chi connectivity index (χ0n) is 26.6. The van der Waals surface area contributed by atoms with Crippen LogP contribution in [-0.2, 0) is 9.59 Å². The average Bonchev–Trinajstić information content (AvgIpc) is 3.12. The Labute approximate surface area is 288 Å². The van der Waals surface area contributed by atoms with E-state index in [4.69, 9.17) is 10.5 Å². The molecule has 1 atom stereocenters. The van der Waals surface area contributed by atoms with Crippen LogP contribution in [0.25, 0.3) is 6.08 Å². The topological polar surface area (TPSA) is 140 Å². The molecule has 0 saturated carbocycles. The van der Waals surface area contributed by atoms with Crippen molar-refractivity contribution in [1.29, 1.82) is 0 Å². The monoisotopic (exact) mass is 670 g/mol. The Morgan fingerprint density at radius 2 is 1.39 bits per heavy atom. The second-order valence-electron chi connectivity index (χ2n) is 10.7. The minimum atomic E-state index is -0.667. The molecule has 0 aliphatic rings. The number of thioether (sulfide) groups is 1. The first-order valence-corrected chi connectivity index (χ1v) is 16.3. The molecule has 9 nitrogen and oxygen atoms in total. The van der Waals surface area contributed by atoms with Gasteiger partial charge in [0.1, 0.15) is 16.7 Å². The van der Waals surface area contributed by atoms with E-state index >= 15 is 0 Å². The van der Waals surface area contributed by atoms with E-state index in [1.807, 2.05) is 37.3 Å². The van der Waals surface area contributed by atoms with Crippen LogP contribution in [0.5, 0.6) is 5.75 Å². The predicted molar refractivity (Wildman–Crippen MR) is 193 cm³/mol. The minimum absolute atomic E-state index is 0.0496. The van der Waals surface area contributed by atoms with E-state index in [0.29, 0.717) is 34.9 Å². The number of carbonyl (C=O) groups excluding carboxylic acids is 4. The van der Waals surface area contributed by atoms with Crippen LogP contribution in [0, 0.1) is 0 Å². The van der Waals surface area contributed by atoms with E-state index in [9.17, 15) is 19.2 Å². The van der Waals surface area contributed by atoms with Crippen LogP contribution in [0.4, 0.5) is 11.4 Å². The van der Waals surface area contributed by atoms with Crippen molar-refractivity contribution in [2.45, 2.75) is 17.1 Å². The highest BCUT2D eigenvalue weighted by Gasteiger charge is 2.24. The maximum absolute atomic E-state index is 13.6. The van der Waals surface area contributed by atoms with Crippen molar-refractivity contribution in [3.63, 3.8) is 0 Å². The Balaban J connectivity index is 1.34. The summed E-state index contributed by atoms with van der Waals surface area (Å²) >= 11 is 1.31. The van der Waals surface area contributed by atoms with Crippen LogP contribution >= 0.6 is 11.8 Å². The summed E-state index contributed by atoms with van der Waals surface area (Å²) in [5.74, 6) is -1.23. The maximum atomic E-state index is 13.6. The van der Waals surface area contributed by atoms with Gasteiger partial charge >= 0.3 is 0 Å². The van der Waals surface area contributed by atoms with E-state index in [1.165, 1.54) is 11.8 Å². The van der Waals surface area contributed by atoms with E-state index in [1.54, 1.807) is 109 Å². The van der Waals surface area contributed by atoms with Gasteiger partial charge in [-0.2, -0.15) is 0 Å². The number of hydrogen-bond acceptors (Lipinski definition) is 6. The summed E-state index contributed by atoms with van der Waals surface area (Å²) in [6.45, 7) is 2.42. The predicted octanol–water partition coefficient (Wildman–Crippen LogP) is 7.07. The normalized spacial score (nSPS) is 11.6. The van der Waals surface area contributed by atoms with Gasteiger partial charge in [0.05, 0.1) is 17.9 Å². The lowest BCUT2D eigenvalue weighted by atomic mass is 10.1. The first kappa shape index (κ1) is 34.2. The van der Waals surface area contributed by atoms with Crippen LogP contribution in [0.3, 0.4) is 0 Å². The third kappa shape index (κ3) is 9.46. The number of anilines is 2. The van der Waals surface area contributed by atoms with Gasteiger partial charge < -0.3 is 26.4 Å². The number of ether oxygens (including phenoxy) is 1. The molecule has 5 N–H and O–H groups in total. The fourth-order valence-electron chi connectivity index (χ4n) is 4.79. The Kier molecular flexibility index (Phi) is 11.6. The van der Waals surface area contributed by atoms with Crippen molar-refractivity contribution in [3.8, 4) is 5.75 Å². The van der Waals surface area contributed by atoms with Gasteiger partial charge in [0.25, 0.3) is 17.7 Å². The van der Waals surface area contributed by atoms with E-state index in [0.717, 1.165) is 10.5 Å². The van der Waals surface area contributed by atoms with Crippen LogP contribution in [0.2, 0.25) is 0 Å². The lowest BCUT2D eigenvalue weighted by molar-refractivity contribution is -0.116. The van der Waals surface area contributed by atoms with Crippen LogP contribution in [0.15, 0.2) is 144 Å². The van der Waals surface area contributed by atoms with Crippen molar-refractivity contribution in [2.24, 2.45) is 5.73 Å². The second kappa shape index (κ2) is 16.6. The Bertz CT molecular complexity index is 1950. The van der Waals surface area contributed by atoms with Crippen molar-refractivity contribution in [2.75, 3.05) is 17.2 Å². The molecule has 0 heterocycles. The highest BCUT2D eigenvalue weighted by atomic mass is 32.2. The molecule has 0 aliphatic heterocycles. The third-order valence-electron chi connectivity index (χ3n) is 7.19. The molecule has 5 rings (SSSR count). The molecule has 0 fully saturated rings. The number of amides is 4. The molecule has 1 unspecified atom stereocenters. The summed E-state index contributed by atoms with van der Waals surface area (Å²) in [4.78, 5) is 52.8. The van der Waals surface area contributed by atoms with Gasteiger partial charge in [-0.1, -0.05) is 72.8 Å². The number of para-hydroxylation sites is 1. The number of hydrogen-bond donors (Lipinski definition) is 4. The SMILES string of the molecule is CCOc1ccc(/C=C(\NC(=O)c2ccccc2)C(=O)Nc2ccc(SC(C(=O)Nc3ccccc3C(N)=O)c3ccccc3)cc2)cc1. The molecule has 0 spiro atoms. The van der Waals surface area contributed by atoms with Crippen LogP contribution in [0.1, 0.15) is 44.0 Å². The van der Waals surface area contributed by atoms with E-state index in [2.05, 4.69) is 16.0 Å². The molecular weight excluding hydrogens is 637 g/mol. The third-order valence-corrected chi connectivity index (χ3v) is 8.45. The van der Waals surface area contributed by atoms with Gasteiger partial charge in [0, 0.05) is 16.1 Å². The molecule has 0 aliphatic carbocycles. The molecule has 49 heavy (non-hydrogen) atoms. The van der Waals surface area contributed by atoms with Gasteiger partial charge in [-0.3, -0.25) is 19.2 Å². The number of primary amides is 1. The summed E-state index contributed by atoms with van der Waals surface area (Å²) in [6.07, 6.45) is 1.59. The molecule has 5 aromatic rings. The zero-order valence-corrected chi connectivity index (χ0v) is 27.4. The Morgan fingerprint density at radius 1 is 0.755 bits per heavy atom. The number of benzene rings is 5. The van der Waals surface area contributed by atoms with Gasteiger partial charge in [-0.05, 0) is 84.8 Å².